The summed E-state index contributed by atoms with van der Waals surface area (Å²) in [4.78, 5) is 22.0. The summed E-state index contributed by atoms with van der Waals surface area (Å²) in [5.74, 6) is 0. The fourth-order valence-corrected chi connectivity index (χ4v) is 4.48. The van der Waals surface area contributed by atoms with Gasteiger partial charge in [-0.1, -0.05) is 24.3 Å². The van der Waals surface area contributed by atoms with Crippen LogP contribution in [0.1, 0.15) is 56.7 Å². The summed E-state index contributed by atoms with van der Waals surface area (Å²) in [7, 11) is 0. The second kappa shape index (κ2) is 10.4. The van der Waals surface area contributed by atoms with Crippen molar-refractivity contribution in [1.82, 2.24) is 14.9 Å². The zero-order chi connectivity index (χ0) is 23.3. The maximum Gasteiger partial charge on any atom is 0.410 e. The Kier molecular flexibility index (Phi) is 7.33. The molecule has 4 rings (SSSR count). The first kappa shape index (κ1) is 23.3. The first-order valence-electron chi connectivity index (χ1n) is 11.9. The van der Waals surface area contributed by atoms with Gasteiger partial charge in [-0.15, -0.1) is 0 Å². The maximum absolute atomic E-state index is 12.4. The molecule has 1 aliphatic rings. The minimum Gasteiger partial charge on any atom is -0.444 e. The van der Waals surface area contributed by atoms with E-state index < -0.39 is 5.60 Å². The topological polar surface area (TPSA) is 67.4 Å². The van der Waals surface area contributed by atoms with E-state index in [1.54, 1.807) is 0 Å². The van der Waals surface area contributed by atoms with Crippen molar-refractivity contribution < 1.29 is 14.3 Å². The number of nitrogens with zero attached hydrogens (tertiary/aromatic N) is 2. The van der Waals surface area contributed by atoms with Gasteiger partial charge in [0.15, 0.2) is 0 Å². The lowest BCUT2D eigenvalue weighted by Gasteiger charge is -2.28. The Morgan fingerprint density at radius 3 is 2.88 bits per heavy atom. The third kappa shape index (κ3) is 6.35. The van der Waals surface area contributed by atoms with E-state index in [2.05, 4.69) is 40.3 Å². The van der Waals surface area contributed by atoms with Gasteiger partial charge < -0.3 is 19.4 Å². The third-order valence-electron chi connectivity index (χ3n) is 6.02. The van der Waals surface area contributed by atoms with E-state index in [0.29, 0.717) is 13.2 Å². The Balaban J connectivity index is 1.24. The average Bonchev–Trinajstić information content (AvgIpc) is 3.43. The van der Waals surface area contributed by atoms with E-state index in [9.17, 15) is 4.79 Å². The molecule has 1 unspecified atom stereocenters. The van der Waals surface area contributed by atoms with Gasteiger partial charge in [0.05, 0.1) is 19.3 Å². The first-order chi connectivity index (χ1) is 15.9. The molecule has 1 saturated heterocycles. The number of aryl methyl sites for hydroxylation is 2. The Bertz CT molecular complexity index is 1070. The van der Waals surface area contributed by atoms with Gasteiger partial charge in [0, 0.05) is 30.7 Å². The number of rotatable bonds is 8. The summed E-state index contributed by atoms with van der Waals surface area (Å²) < 4.78 is 11.5. The molecule has 0 radical (unpaired) electrons. The number of hydrogen-bond acceptors (Lipinski definition) is 4. The Labute approximate surface area is 196 Å². The lowest BCUT2D eigenvalue weighted by molar-refractivity contribution is 0.00880. The van der Waals surface area contributed by atoms with Crippen LogP contribution in [0.25, 0.3) is 10.9 Å². The monoisotopic (exact) mass is 449 g/mol. The Hall–Kier alpha value is -2.86. The molecule has 1 atom stereocenters. The smallest absolute Gasteiger partial charge is 0.410 e. The summed E-state index contributed by atoms with van der Waals surface area (Å²) in [6, 6.07) is 10.8. The van der Waals surface area contributed by atoms with Crippen LogP contribution in [0.3, 0.4) is 0 Å². The fraction of sp³-hybridized carbons (Fsp3) is 0.481. The van der Waals surface area contributed by atoms with Crippen LogP contribution in [-0.4, -0.2) is 45.8 Å². The van der Waals surface area contributed by atoms with E-state index in [1.807, 2.05) is 44.3 Å². The van der Waals surface area contributed by atoms with Crippen LogP contribution in [0.4, 0.5) is 4.79 Å². The normalized spacial score (nSPS) is 16.5. The van der Waals surface area contributed by atoms with Crippen LogP contribution in [0, 0.1) is 0 Å². The summed E-state index contributed by atoms with van der Waals surface area (Å²) in [6.07, 6.45) is 10.6. The SMILES string of the molecule is CC(C)(C)OC(=O)N1CCCC1COCc1cncc(CCCc2cccc3cc[nH]c23)c1. The number of aromatic amines is 1. The number of nitrogens with one attached hydrogen (secondary N) is 1. The van der Waals surface area contributed by atoms with Crippen molar-refractivity contribution in [2.24, 2.45) is 0 Å². The average molecular weight is 450 g/mol. The maximum atomic E-state index is 12.4. The van der Waals surface area contributed by atoms with Crippen molar-refractivity contribution in [3.8, 4) is 0 Å². The van der Waals surface area contributed by atoms with Crippen LogP contribution in [0.2, 0.25) is 0 Å². The lowest BCUT2D eigenvalue weighted by atomic mass is 10.0. The number of carbonyl (C=O) groups is 1. The number of hydrogen-bond donors (Lipinski definition) is 1. The molecule has 176 valence electrons. The molecule has 0 saturated carbocycles. The van der Waals surface area contributed by atoms with Gasteiger partial charge in [0.2, 0.25) is 0 Å². The summed E-state index contributed by atoms with van der Waals surface area (Å²) in [5.41, 5.74) is 4.42. The van der Waals surface area contributed by atoms with Gasteiger partial charge in [0.1, 0.15) is 5.60 Å². The molecule has 2 aromatic heterocycles. The minimum atomic E-state index is -0.481. The molecule has 0 bridgehead atoms. The van der Waals surface area contributed by atoms with Crippen LogP contribution in [-0.2, 0) is 28.9 Å². The second-order valence-corrected chi connectivity index (χ2v) is 9.90. The van der Waals surface area contributed by atoms with Crippen molar-refractivity contribution in [3.05, 3.63) is 65.6 Å². The Morgan fingerprint density at radius 1 is 1.18 bits per heavy atom. The number of likely N-dealkylation sites (tertiary alicyclic amines) is 1. The van der Waals surface area contributed by atoms with Crippen molar-refractivity contribution in [2.45, 2.75) is 71.1 Å². The molecule has 0 aliphatic carbocycles. The number of H-pyrrole nitrogens is 1. The molecule has 1 amide bonds. The van der Waals surface area contributed by atoms with Crippen molar-refractivity contribution >= 4 is 17.0 Å². The third-order valence-corrected chi connectivity index (χ3v) is 6.02. The number of benzene rings is 1. The standard InChI is InChI=1S/C27H35N3O3/c1-27(2,3)33-26(31)30-14-6-11-24(30)19-32-18-21-15-20(16-28-17-21)7-4-8-22-9-5-10-23-12-13-29-25(22)23/h5,9-10,12-13,15-17,24,29H,4,6-8,11,14,18-19H2,1-3H3. The van der Waals surface area contributed by atoms with E-state index in [1.165, 1.54) is 22.0 Å². The number of carbonyl (C=O) groups excluding carboxylic acids is 1. The number of amides is 1. The van der Waals surface area contributed by atoms with E-state index >= 15 is 0 Å². The Morgan fingerprint density at radius 2 is 2.03 bits per heavy atom. The second-order valence-electron chi connectivity index (χ2n) is 9.90. The van der Waals surface area contributed by atoms with Gasteiger partial charge in [0.25, 0.3) is 0 Å². The van der Waals surface area contributed by atoms with Crippen molar-refractivity contribution in [2.75, 3.05) is 13.2 Å². The van der Waals surface area contributed by atoms with Gasteiger partial charge in [-0.3, -0.25) is 4.98 Å². The molecule has 6 heteroatoms. The molecule has 1 aromatic carbocycles. The van der Waals surface area contributed by atoms with Crippen LogP contribution in [0.5, 0.6) is 0 Å². The van der Waals surface area contributed by atoms with E-state index in [-0.39, 0.29) is 12.1 Å². The number of fused-ring (bicyclic) bond motifs is 1. The fourth-order valence-electron chi connectivity index (χ4n) is 4.48. The molecular weight excluding hydrogens is 414 g/mol. The predicted molar refractivity (Wildman–Crippen MR) is 130 cm³/mol. The molecule has 1 fully saturated rings. The number of para-hydroxylation sites is 1. The van der Waals surface area contributed by atoms with Crippen molar-refractivity contribution in [1.29, 1.82) is 0 Å². The lowest BCUT2D eigenvalue weighted by Crippen LogP contribution is -2.41. The summed E-state index contributed by atoms with van der Waals surface area (Å²) >= 11 is 0. The highest BCUT2D eigenvalue weighted by Crippen LogP contribution is 2.22. The van der Waals surface area contributed by atoms with Crippen LogP contribution < -0.4 is 0 Å². The molecular formula is C27H35N3O3. The first-order valence-corrected chi connectivity index (χ1v) is 11.9. The number of pyridine rings is 1. The molecule has 1 aliphatic heterocycles. The van der Waals surface area contributed by atoms with Gasteiger partial charge >= 0.3 is 6.09 Å². The molecule has 33 heavy (non-hydrogen) atoms. The van der Waals surface area contributed by atoms with E-state index in [4.69, 9.17) is 9.47 Å². The quantitative estimate of drug-likeness (QED) is 0.482. The van der Waals surface area contributed by atoms with Crippen molar-refractivity contribution in [3.63, 3.8) is 0 Å². The van der Waals surface area contributed by atoms with Crippen LogP contribution >= 0.6 is 0 Å². The molecule has 3 heterocycles. The molecule has 1 N–H and O–H groups in total. The summed E-state index contributed by atoms with van der Waals surface area (Å²) in [6.45, 7) is 7.44. The van der Waals surface area contributed by atoms with Gasteiger partial charge in [-0.2, -0.15) is 0 Å². The zero-order valence-electron chi connectivity index (χ0n) is 20.0. The van der Waals surface area contributed by atoms with Gasteiger partial charge in [-0.05, 0) is 81.0 Å². The highest BCUT2D eigenvalue weighted by molar-refractivity contribution is 5.82. The number of aromatic nitrogens is 2. The molecule has 6 nitrogen and oxygen atoms in total. The zero-order valence-corrected chi connectivity index (χ0v) is 20.0. The predicted octanol–water partition coefficient (Wildman–Crippen LogP) is 5.65. The highest BCUT2D eigenvalue weighted by atomic mass is 16.6. The summed E-state index contributed by atoms with van der Waals surface area (Å²) in [5, 5.41) is 1.26. The molecule has 3 aromatic rings. The molecule has 0 spiro atoms. The number of ether oxygens (including phenoxy) is 2. The largest absolute Gasteiger partial charge is 0.444 e. The highest BCUT2D eigenvalue weighted by Gasteiger charge is 2.32. The van der Waals surface area contributed by atoms with Gasteiger partial charge in [-0.25, -0.2) is 4.79 Å². The minimum absolute atomic E-state index is 0.0756. The van der Waals surface area contributed by atoms with E-state index in [0.717, 1.165) is 44.2 Å². The van der Waals surface area contributed by atoms with Crippen LogP contribution in [0.15, 0.2) is 48.9 Å².